The highest BCUT2D eigenvalue weighted by Gasteiger charge is 2.77. The van der Waals surface area contributed by atoms with Crippen LogP contribution in [-0.4, -0.2) is 5.78 Å². The molecule has 0 aliphatic heterocycles. The summed E-state index contributed by atoms with van der Waals surface area (Å²) in [5.74, 6) is 2.45. The molecule has 6 atom stereocenters. The Bertz CT molecular complexity index is 570. The first-order valence-corrected chi connectivity index (χ1v) is 8.82. The molecule has 116 valence electrons. The number of allylic oxidation sites excluding steroid dienone is 2. The lowest BCUT2D eigenvalue weighted by molar-refractivity contribution is -0.127. The summed E-state index contributed by atoms with van der Waals surface area (Å²) >= 11 is 0. The third-order valence-electron chi connectivity index (χ3n) is 8.69. The Morgan fingerprint density at radius 3 is 2.48 bits per heavy atom. The molecule has 0 aromatic rings. The third-order valence-corrected chi connectivity index (χ3v) is 8.69. The van der Waals surface area contributed by atoms with Gasteiger partial charge in [-0.1, -0.05) is 39.3 Å². The van der Waals surface area contributed by atoms with Gasteiger partial charge in [0.15, 0.2) is 0 Å². The maximum absolute atomic E-state index is 13.0. The van der Waals surface area contributed by atoms with Gasteiger partial charge in [-0.05, 0) is 67.1 Å². The van der Waals surface area contributed by atoms with Gasteiger partial charge in [0.05, 0.1) is 5.41 Å². The zero-order valence-corrected chi connectivity index (χ0v) is 14.5. The van der Waals surface area contributed by atoms with E-state index in [2.05, 4.69) is 47.6 Å². The second kappa shape index (κ2) is 3.49. The fourth-order valence-corrected chi connectivity index (χ4v) is 7.93. The molecule has 0 heterocycles. The number of rotatable bonds is 0. The van der Waals surface area contributed by atoms with Crippen molar-refractivity contribution in [2.75, 3.05) is 0 Å². The lowest BCUT2D eigenvalue weighted by Gasteiger charge is -2.44. The smallest absolute Gasteiger partial charge is 0.143 e. The molecular formula is C20H30O. The highest BCUT2D eigenvalue weighted by Crippen LogP contribution is 2.80. The largest absolute Gasteiger partial charge is 0.299 e. The van der Waals surface area contributed by atoms with Gasteiger partial charge in [0.25, 0.3) is 0 Å². The topological polar surface area (TPSA) is 17.1 Å². The number of Topliss-reactive ketones (excluding diaryl/α,β-unsaturated/α-hetero) is 1. The fourth-order valence-electron chi connectivity index (χ4n) is 7.93. The maximum atomic E-state index is 13.0. The van der Waals surface area contributed by atoms with Crippen molar-refractivity contribution in [3.63, 3.8) is 0 Å². The molecular weight excluding hydrogens is 256 g/mol. The molecule has 1 nitrogen and oxygen atoms in total. The number of ketones is 1. The van der Waals surface area contributed by atoms with Crippen LogP contribution in [0.2, 0.25) is 0 Å². The minimum Gasteiger partial charge on any atom is -0.299 e. The predicted molar refractivity (Wildman–Crippen MR) is 85.8 cm³/mol. The average Bonchev–Trinajstić information content (AvgIpc) is 2.91. The normalized spacial score (nSPS) is 57.1. The molecule has 0 amide bonds. The van der Waals surface area contributed by atoms with E-state index in [0.717, 1.165) is 12.3 Å². The van der Waals surface area contributed by atoms with E-state index in [9.17, 15) is 4.79 Å². The van der Waals surface area contributed by atoms with E-state index in [-0.39, 0.29) is 10.8 Å². The van der Waals surface area contributed by atoms with E-state index in [1.165, 1.54) is 24.8 Å². The zero-order chi connectivity index (χ0) is 15.4. The molecule has 3 saturated carbocycles. The molecule has 0 N–H and O–H groups in total. The van der Waals surface area contributed by atoms with Gasteiger partial charge in [0.1, 0.15) is 5.78 Å². The van der Waals surface area contributed by atoms with E-state index < -0.39 is 0 Å². The molecule has 4 aliphatic rings. The van der Waals surface area contributed by atoms with Crippen molar-refractivity contribution < 1.29 is 4.79 Å². The van der Waals surface area contributed by atoms with Crippen LogP contribution in [0.1, 0.15) is 67.2 Å². The first-order valence-electron chi connectivity index (χ1n) is 8.82. The lowest BCUT2D eigenvalue weighted by atomic mass is 9.58. The Balaban J connectivity index is 1.92. The van der Waals surface area contributed by atoms with Crippen LogP contribution in [0.4, 0.5) is 0 Å². The number of carbonyl (C=O) groups excluding carboxylic acids is 1. The van der Waals surface area contributed by atoms with E-state index in [0.29, 0.717) is 28.4 Å². The van der Waals surface area contributed by atoms with Gasteiger partial charge in [-0.3, -0.25) is 4.79 Å². The summed E-state index contributed by atoms with van der Waals surface area (Å²) in [4.78, 5) is 13.0. The van der Waals surface area contributed by atoms with Crippen LogP contribution in [0.15, 0.2) is 11.6 Å². The summed E-state index contributed by atoms with van der Waals surface area (Å²) in [6.07, 6.45) is 7.25. The van der Waals surface area contributed by atoms with Crippen molar-refractivity contribution >= 4 is 5.78 Å². The van der Waals surface area contributed by atoms with E-state index in [1.807, 2.05) is 0 Å². The SMILES string of the molecule is CC1=C[C@@H](C)[C@@]23C[C@@]4(C)CCC(C)(C)[C@H]4[C@@H]2CC(=O)[C@@]13C. The van der Waals surface area contributed by atoms with Gasteiger partial charge >= 0.3 is 0 Å². The Morgan fingerprint density at radius 2 is 1.81 bits per heavy atom. The number of hydrogen-bond acceptors (Lipinski definition) is 1. The second-order valence-electron chi connectivity index (χ2n) is 9.83. The highest BCUT2D eigenvalue weighted by atomic mass is 16.1. The summed E-state index contributed by atoms with van der Waals surface area (Å²) in [6, 6.07) is 0. The van der Waals surface area contributed by atoms with Gasteiger partial charge in [-0.25, -0.2) is 0 Å². The van der Waals surface area contributed by atoms with Crippen LogP contribution >= 0.6 is 0 Å². The van der Waals surface area contributed by atoms with Crippen LogP contribution in [0, 0.1) is 39.4 Å². The molecule has 0 saturated heterocycles. The second-order valence-corrected chi connectivity index (χ2v) is 9.83. The number of hydrogen-bond donors (Lipinski definition) is 0. The molecule has 4 aliphatic carbocycles. The minimum absolute atomic E-state index is 0.166. The van der Waals surface area contributed by atoms with E-state index in [4.69, 9.17) is 0 Å². The minimum atomic E-state index is -0.166. The first-order chi connectivity index (χ1) is 9.59. The molecule has 0 unspecified atom stereocenters. The zero-order valence-electron chi connectivity index (χ0n) is 14.5. The van der Waals surface area contributed by atoms with Crippen molar-refractivity contribution in [1.29, 1.82) is 0 Å². The van der Waals surface area contributed by atoms with Gasteiger partial charge in [-0.2, -0.15) is 0 Å². The average molecular weight is 286 g/mol. The fraction of sp³-hybridized carbons (Fsp3) is 0.850. The first kappa shape index (κ1) is 14.0. The molecule has 3 fully saturated rings. The van der Waals surface area contributed by atoms with Crippen LogP contribution in [0.3, 0.4) is 0 Å². The Hall–Kier alpha value is -0.590. The number of fused-ring (bicyclic) bond motifs is 2. The molecule has 1 spiro atoms. The van der Waals surface area contributed by atoms with Crippen LogP contribution in [0.25, 0.3) is 0 Å². The Morgan fingerprint density at radius 1 is 1.14 bits per heavy atom. The molecule has 0 aromatic heterocycles. The standard InChI is InChI=1S/C20H30O/c1-12-9-13(2)20-11-18(5)8-7-17(3,4)16(18)14(20)10-15(21)19(12,20)6/h9,13-14,16H,7-8,10-11H2,1-6H3/t13-,14+,16-,18-,19-,20+/m1/s1. The van der Waals surface area contributed by atoms with Crippen molar-refractivity contribution in [2.45, 2.75) is 67.2 Å². The summed E-state index contributed by atoms with van der Waals surface area (Å²) in [5.41, 5.74) is 2.29. The van der Waals surface area contributed by atoms with Crippen LogP contribution in [0.5, 0.6) is 0 Å². The molecule has 1 heteroatoms. The Kier molecular flexibility index (Phi) is 2.33. The van der Waals surface area contributed by atoms with Crippen molar-refractivity contribution in [1.82, 2.24) is 0 Å². The van der Waals surface area contributed by atoms with Crippen LogP contribution < -0.4 is 0 Å². The van der Waals surface area contributed by atoms with E-state index in [1.54, 1.807) is 0 Å². The summed E-state index contributed by atoms with van der Waals surface area (Å²) in [7, 11) is 0. The van der Waals surface area contributed by atoms with Gasteiger partial charge < -0.3 is 0 Å². The number of carbonyl (C=O) groups is 1. The Labute approximate surface area is 129 Å². The van der Waals surface area contributed by atoms with Gasteiger partial charge in [0.2, 0.25) is 0 Å². The molecule has 21 heavy (non-hydrogen) atoms. The third kappa shape index (κ3) is 1.22. The molecule has 4 rings (SSSR count). The highest BCUT2D eigenvalue weighted by molar-refractivity contribution is 5.92. The molecule has 0 aromatic carbocycles. The van der Waals surface area contributed by atoms with E-state index >= 15 is 0 Å². The van der Waals surface area contributed by atoms with Gasteiger partial charge in [-0.15, -0.1) is 0 Å². The molecule has 0 bridgehead atoms. The van der Waals surface area contributed by atoms with Crippen molar-refractivity contribution in [2.24, 2.45) is 39.4 Å². The summed E-state index contributed by atoms with van der Waals surface area (Å²) in [5, 5.41) is 0. The van der Waals surface area contributed by atoms with Gasteiger partial charge in [0, 0.05) is 6.42 Å². The quantitative estimate of drug-likeness (QED) is 0.572. The van der Waals surface area contributed by atoms with Crippen molar-refractivity contribution in [3.8, 4) is 0 Å². The van der Waals surface area contributed by atoms with Crippen LogP contribution in [-0.2, 0) is 4.79 Å². The van der Waals surface area contributed by atoms with Crippen molar-refractivity contribution in [3.05, 3.63) is 11.6 Å². The summed E-state index contributed by atoms with van der Waals surface area (Å²) < 4.78 is 0. The maximum Gasteiger partial charge on any atom is 0.143 e. The monoisotopic (exact) mass is 286 g/mol. The summed E-state index contributed by atoms with van der Waals surface area (Å²) in [6.45, 7) is 14.3. The lowest BCUT2D eigenvalue weighted by Crippen LogP contribution is -2.42. The molecule has 0 radical (unpaired) electrons. The predicted octanol–water partition coefficient (Wildman–Crippen LogP) is 5.01.